The average molecular weight is 309 g/mol. The highest BCUT2D eigenvalue weighted by atomic mass is 32.2. The summed E-state index contributed by atoms with van der Waals surface area (Å²) in [6.45, 7) is 0. The van der Waals surface area contributed by atoms with Crippen LogP contribution in [0.25, 0.3) is 0 Å². The summed E-state index contributed by atoms with van der Waals surface area (Å²) in [5.41, 5.74) is 0.787. The van der Waals surface area contributed by atoms with Gasteiger partial charge in [0, 0.05) is 13.5 Å². The lowest BCUT2D eigenvalue weighted by Gasteiger charge is -2.05. The molecule has 0 atom stereocenters. The Morgan fingerprint density at radius 2 is 1.95 bits per heavy atom. The normalized spacial score (nSPS) is 11.5. The zero-order chi connectivity index (χ0) is 15.5. The summed E-state index contributed by atoms with van der Waals surface area (Å²) in [5.74, 6) is -0.739. The number of sulfone groups is 1. The molecule has 21 heavy (non-hydrogen) atoms. The Bertz CT molecular complexity index is 735. The maximum Gasteiger partial charge on any atom is 0.303 e. The third-order valence-corrected chi connectivity index (χ3v) is 4.66. The molecule has 0 amide bonds. The second kappa shape index (κ2) is 6.04. The molecule has 0 spiro atoms. The van der Waals surface area contributed by atoms with Gasteiger partial charge in [-0.2, -0.15) is 5.10 Å². The van der Waals surface area contributed by atoms with E-state index in [4.69, 9.17) is 5.11 Å². The first kappa shape index (κ1) is 15.2. The molecule has 1 N–H and O–H groups in total. The van der Waals surface area contributed by atoms with Gasteiger partial charge < -0.3 is 5.11 Å². The molecule has 0 radical (unpaired) electrons. The van der Waals surface area contributed by atoms with Crippen molar-refractivity contribution in [1.82, 2.24) is 14.8 Å². The molecule has 0 aliphatic carbocycles. The van der Waals surface area contributed by atoms with Crippen LogP contribution in [-0.4, -0.2) is 34.3 Å². The molecule has 1 aromatic heterocycles. The van der Waals surface area contributed by atoms with Crippen molar-refractivity contribution < 1.29 is 18.3 Å². The molecule has 2 aromatic rings. The summed E-state index contributed by atoms with van der Waals surface area (Å²) < 4.78 is 25.9. The molecule has 1 heterocycles. The highest BCUT2D eigenvalue weighted by Gasteiger charge is 2.18. The summed E-state index contributed by atoms with van der Waals surface area (Å²) in [6, 6.07) is 6.24. The topological polar surface area (TPSA) is 102 Å². The minimum absolute atomic E-state index is 0.0189. The van der Waals surface area contributed by atoms with Crippen LogP contribution < -0.4 is 0 Å². The number of aliphatic carboxylic acids is 1. The quantitative estimate of drug-likeness (QED) is 0.847. The third-order valence-electron chi connectivity index (χ3n) is 3.03. The maximum atomic E-state index is 12.3. The van der Waals surface area contributed by atoms with Crippen molar-refractivity contribution in [1.29, 1.82) is 0 Å². The van der Waals surface area contributed by atoms with Gasteiger partial charge in [0.25, 0.3) is 0 Å². The van der Waals surface area contributed by atoms with E-state index < -0.39 is 15.8 Å². The molecule has 0 fully saturated rings. The Kier molecular flexibility index (Phi) is 4.37. The molecule has 0 saturated carbocycles. The average Bonchev–Trinajstić information content (AvgIpc) is 2.82. The Labute approximate surface area is 122 Å². The molecule has 2 rings (SSSR count). The van der Waals surface area contributed by atoms with Crippen molar-refractivity contribution >= 4 is 15.8 Å². The predicted molar refractivity (Wildman–Crippen MR) is 74.3 cm³/mol. The van der Waals surface area contributed by atoms with Gasteiger partial charge in [-0.25, -0.2) is 13.4 Å². The first-order chi connectivity index (χ1) is 9.88. The van der Waals surface area contributed by atoms with Crippen LogP contribution in [0.2, 0.25) is 0 Å². The lowest BCUT2D eigenvalue weighted by Crippen LogP contribution is -2.10. The first-order valence-electron chi connectivity index (χ1n) is 6.25. The van der Waals surface area contributed by atoms with Gasteiger partial charge in [-0.3, -0.25) is 9.48 Å². The minimum Gasteiger partial charge on any atom is -0.481 e. The van der Waals surface area contributed by atoms with E-state index in [0.29, 0.717) is 12.2 Å². The van der Waals surface area contributed by atoms with E-state index in [2.05, 4.69) is 10.1 Å². The van der Waals surface area contributed by atoms with Crippen molar-refractivity contribution in [2.75, 3.05) is 0 Å². The van der Waals surface area contributed by atoms with Gasteiger partial charge in [0.2, 0.25) is 0 Å². The van der Waals surface area contributed by atoms with Crippen LogP contribution in [0.3, 0.4) is 0 Å². The number of carboxylic acids is 1. The Morgan fingerprint density at radius 3 is 2.48 bits per heavy atom. The second-order valence-corrected chi connectivity index (χ2v) is 6.59. The van der Waals surface area contributed by atoms with Gasteiger partial charge in [0.15, 0.2) is 9.84 Å². The van der Waals surface area contributed by atoms with E-state index in [9.17, 15) is 13.2 Å². The molecule has 8 heteroatoms. The van der Waals surface area contributed by atoms with E-state index in [1.165, 1.54) is 23.1 Å². The van der Waals surface area contributed by atoms with Crippen LogP contribution in [-0.2, 0) is 33.9 Å². The largest absolute Gasteiger partial charge is 0.481 e. The summed E-state index contributed by atoms with van der Waals surface area (Å²) >= 11 is 0. The molecule has 112 valence electrons. The summed E-state index contributed by atoms with van der Waals surface area (Å²) in [7, 11) is -1.86. The number of hydrogen-bond donors (Lipinski definition) is 1. The minimum atomic E-state index is -3.49. The lowest BCUT2D eigenvalue weighted by atomic mass is 10.1. The predicted octanol–water partition coefficient (Wildman–Crippen LogP) is 0.806. The first-order valence-corrected chi connectivity index (χ1v) is 7.90. The van der Waals surface area contributed by atoms with Crippen molar-refractivity contribution in [2.45, 2.75) is 23.5 Å². The lowest BCUT2D eigenvalue weighted by molar-refractivity contribution is -0.136. The van der Waals surface area contributed by atoms with E-state index in [1.807, 2.05) is 0 Å². The summed E-state index contributed by atoms with van der Waals surface area (Å²) in [4.78, 5) is 14.6. The number of nitrogens with zero attached hydrogens (tertiary/aromatic N) is 3. The van der Waals surface area contributed by atoms with Crippen LogP contribution in [0.5, 0.6) is 0 Å². The number of carbonyl (C=O) groups is 1. The standard InChI is InChI=1S/C13H15N3O4S/c1-16-12(14-9-15-16)8-21(19,20)11-5-2-10(3-6-11)4-7-13(17)18/h2-3,5-6,9H,4,7-8H2,1H3,(H,17,18). The van der Waals surface area contributed by atoms with Gasteiger partial charge in [-0.15, -0.1) is 0 Å². The van der Waals surface area contributed by atoms with Crippen LogP contribution in [0.15, 0.2) is 35.5 Å². The fourth-order valence-corrected chi connectivity index (χ4v) is 3.14. The molecule has 0 bridgehead atoms. The van der Waals surface area contributed by atoms with Crippen molar-refractivity contribution in [3.8, 4) is 0 Å². The molecular weight excluding hydrogens is 294 g/mol. The van der Waals surface area contributed by atoms with Crippen LogP contribution >= 0.6 is 0 Å². The summed E-state index contributed by atoms with van der Waals surface area (Å²) in [6.07, 6.45) is 1.70. The SMILES string of the molecule is Cn1ncnc1CS(=O)(=O)c1ccc(CCC(=O)O)cc1. The van der Waals surface area contributed by atoms with Gasteiger partial charge >= 0.3 is 5.97 Å². The van der Waals surface area contributed by atoms with Crippen LogP contribution in [0.4, 0.5) is 0 Å². The number of rotatable bonds is 6. The summed E-state index contributed by atoms with van der Waals surface area (Å²) in [5, 5.41) is 12.5. The van der Waals surface area contributed by atoms with E-state index in [0.717, 1.165) is 5.56 Å². The van der Waals surface area contributed by atoms with E-state index in [-0.39, 0.29) is 17.1 Å². The smallest absolute Gasteiger partial charge is 0.303 e. The van der Waals surface area contributed by atoms with Gasteiger partial charge in [-0.05, 0) is 24.1 Å². The molecule has 0 unspecified atom stereocenters. The Hall–Kier alpha value is -2.22. The molecule has 1 aromatic carbocycles. The maximum absolute atomic E-state index is 12.3. The van der Waals surface area contributed by atoms with Crippen molar-refractivity contribution in [3.63, 3.8) is 0 Å². The van der Waals surface area contributed by atoms with Gasteiger partial charge in [0.05, 0.1) is 4.90 Å². The van der Waals surface area contributed by atoms with E-state index in [1.54, 1.807) is 19.2 Å². The molecule has 0 aliphatic heterocycles. The van der Waals surface area contributed by atoms with Crippen LogP contribution in [0, 0.1) is 0 Å². The fraction of sp³-hybridized carbons (Fsp3) is 0.308. The monoisotopic (exact) mass is 309 g/mol. The third kappa shape index (κ3) is 3.88. The zero-order valence-electron chi connectivity index (χ0n) is 11.4. The highest BCUT2D eigenvalue weighted by Crippen LogP contribution is 2.16. The number of carboxylic acid groups (broad SMARTS) is 1. The number of aryl methyl sites for hydroxylation is 2. The molecule has 0 aliphatic rings. The fourth-order valence-electron chi connectivity index (χ4n) is 1.82. The number of hydrogen-bond acceptors (Lipinski definition) is 5. The highest BCUT2D eigenvalue weighted by molar-refractivity contribution is 7.90. The Morgan fingerprint density at radius 1 is 1.29 bits per heavy atom. The van der Waals surface area contributed by atoms with Gasteiger partial charge in [0.1, 0.15) is 17.9 Å². The number of benzene rings is 1. The molecule has 0 saturated heterocycles. The molecular formula is C13H15N3O4S. The van der Waals surface area contributed by atoms with Gasteiger partial charge in [-0.1, -0.05) is 12.1 Å². The second-order valence-electron chi connectivity index (χ2n) is 4.60. The van der Waals surface area contributed by atoms with E-state index >= 15 is 0 Å². The van der Waals surface area contributed by atoms with Crippen molar-refractivity contribution in [3.05, 3.63) is 42.0 Å². The van der Waals surface area contributed by atoms with Crippen molar-refractivity contribution in [2.24, 2.45) is 7.05 Å². The van der Waals surface area contributed by atoms with Crippen LogP contribution in [0.1, 0.15) is 17.8 Å². The number of aromatic nitrogens is 3. The Balaban J connectivity index is 2.13. The molecule has 7 nitrogen and oxygen atoms in total. The zero-order valence-corrected chi connectivity index (χ0v) is 12.2.